The third-order valence-electron chi connectivity index (χ3n) is 3.46. The molecular weight excluding hydrogens is 200 g/mol. The van der Waals surface area contributed by atoms with Gasteiger partial charge in [-0.15, -0.1) is 6.42 Å². The normalized spacial score (nSPS) is 21.4. The van der Waals surface area contributed by atoms with Crippen LogP contribution in [0, 0.1) is 24.2 Å². The van der Waals surface area contributed by atoms with Crippen LogP contribution in [0.1, 0.15) is 25.7 Å². The summed E-state index contributed by atoms with van der Waals surface area (Å²) in [6.45, 7) is 3.29. The number of rotatable bonds is 4. The molecule has 0 bridgehead atoms. The molecule has 1 aliphatic heterocycles. The van der Waals surface area contributed by atoms with Gasteiger partial charge in [-0.25, -0.2) is 0 Å². The number of amides is 1. The summed E-state index contributed by atoms with van der Waals surface area (Å²) in [6.07, 6.45) is 9.79. The highest BCUT2D eigenvalue weighted by Gasteiger charge is 2.30. The van der Waals surface area contributed by atoms with Gasteiger partial charge >= 0.3 is 0 Å². The largest absolute Gasteiger partial charge is 0.331 e. The minimum absolute atomic E-state index is 0.202. The van der Waals surface area contributed by atoms with Gasteiger partial charge in [-0.3, -0.25) is 4.79 Å². The molecule has 1 N–H and O–H groups in total. The first-order chi connectivity index (χ1) is 7.81. The van der Waals surface area contributed by atoms with Crippen LogP contribution in [0.3, 0.4) is 0 Å². The van der Waals surface area contributed by atoms with Gasteiger partial charge in [-0.1, -0.05) is 5.92 Å². The lowest BCUT2D eigenvalue weighted by Crippen LogP contribution is -2.42. The molecule has 2 rings (SSSR count). The van der Waals surface area contributed by atoms with E-state index in [1.807, 2.05) is 4.90 Å². The van der Waals surface area contributed by atoms with E-state index in [2.05, 4.69) is 11.2 Å². The van der Waals surface area contributed by atoms with Crippen molar-refractivity contribution < 1.29 is 4.79 Å². The molecule has 1 saturated heterocycles. The van der Waals surface area contributed by atoms with E-state index in [1.165, 1.54) is 12.8 Å². The fraction of sp³-hybridized carbons (Fsp3) is 0.769. The van der Waals surface area contributed by atoms with Crippen molar-refractivity contribution in [2.45, 2.75) is 25.7 Å². The molecule has 0 atom stereocenters. The minimum atomic E-state index is 0.202. The van der Waals surface area contributed by atoms with E-state index in [0.717, 1.165) is 38.4 Å². The molecule has 2 fully saturated rings. The predicted molar refractivity (Wildman–Crippen MR) is 63.7 cm³/mol. The van der Waals surface area contributed by atoms with Crippen molar-refractivity contribution in [2.24, 2.45) is 11.8 Å². The molecule has 3 nitrogen and oxygen atoms in total. The van der Waals surface area contributed by atoms with Crippen molar-refractivity contribution in [3.8, 4) is 12.3 Å². The van der Waals surface area contributed by atoms with Crippen LogP contribution < -0.4 is 5.32 Å². The van der Waals surface area contributed by atoms with E-state index in [1.54, 1.807) is 0 Å². The second-order valence-corrected chi connectivity index (χ2v) is 4.89. The number of nitrogens with zero attached hydrogens (tertiary/aromatic N) is 1. The molecule has 1 amide bonds. The number of piperidine rings is 1. The summed E-state index contributed by atoms with van der Waals surface area (Å²) in [4.78, 5) is 14.2. The summed E-state index contributed by atoms with van der Waals surface area (Å²) in [5.74, 6) is 3.82. The Hall–Kier alpha value is -1.01. The van der Waals surface area contributed by atoms with Crippen molar-refractivity contribution in [3.63, 3.8) is 0 Å². The van der Waals surface area contributed by atoms with Crippen molar-refractivity contribution in [3.05, 3.63) is 0 Å². The molecule has 88 valence electrons. The van der Waals surface area contributed by atoms with Crippen LogP contribution in [0.4, 0.5) is 0 Å². The Morgan fingerprint density at radius 1 is 1.31 bits per heavy atom. The second kappa shape index (κ2) is 5.36. The summed E-state index contributed by atoms with van der Waals surface area (Å²) in [5.41, 5.74) is 0. The quantitative estimate of drug-likeness (QED) is 0.713. The Kier molecular flexibility index (Phi) is 3.84. The molecule has 0 aromatic heterocycles. The molecule has 0 radical (unpaired) electrons. The number of nitrogens with one attached hydrogen (secondary N) is 1. The Bertz CT molecular complexity index is 285. The Morgan fingerprint density at radius 2 is 2.00 bits per heavy atom. The summed E-state index contributed by atoms with van der Waals surface area (Å²) in [5, 5.41) is 3.28. The van der Waals surface area contributed by atoms with E-state index in [0.29, 0.717) is 6.54 Å². The van der Waals surface area contributed by atoms with Crippen LogP contribution in [0.25, 0.3) is 0 Å². The molecule has 3 heteroatoms. The standard InChI is InChI=1S/C13H20N2O/c1-2-9-15(10-11-3-4-11)13(16)12-5-7-14-8-6-12/h1,11-12,14H,3-10H2. The molecule has 0 aromatic rings. The first-order valence-electron chi connectivity index (χ1n) is 6.24. The minimum Gasteiger partial charge on any atom is -0.331 e. The van der Waals surface area contributed by atoms with Gasteiger partial charge in [0.2, 0.25) is 5.91 Å². The smallest absolute Gasteiger partial charge is 0.226 e. The number of hydrogen-bond acceptors (Lipinski definition) is 2. The van der Waals surface area contributed by atoms with Crippen LogP contribution >= 0.6 is 0 Å². The van der Waals surface area contributed by atoms with Crippen LogP contribution in [-0.2, 0) is 4.79 Å². The zero-order valence-electron chi connectivity index (χ0n) is 9.74. The maximum atomic E-state index is 12.3. The van der Waals surface area contributed by atoms with Gasteiger partial charge in [0.25, 0.3) is 0 Å². The van der Waals surface area contributed by atoms with Crippen LogP contribution in [-0.4, -0.2) is 37.0 Å². The highest BCUT2D eigenvalue weighted by atomic mass is 16.2. The van der Waals surface area contributed by atoms with Crippen LogP contribution in [0.15, 0.2) is 0 Å². The molecule has 0 unspecified atom stereocenters. The molecule has 2 aliphatic rings. The fourth-order valence-electron chi connectivity index (χ4n) is 2.28. The number of carbonyl (C=O) groups excluding carboxylic acids is 1. The van der Waals surface area contributed by atoms with Crippen molar-refractivity contribution in [1.29, 1.82) is 0 Å². The van der Waals surface area contributed by atoms with Crippen LogP contribution in [0.5, 0.6) is 0 Å². The third-order valence-corrected chi connectivity index (χ3v) is 3.46. The molecule has 1 heterocycles. The molecular formula is C13H20N2O. The lowest BCUT2D eigenvalue weighted by atomic mass is 9.96. The second-order valence-electron chi connectivity index (χ2n) is 4.89. The Balaban J connectivity index is 1.89. The summed E-state index contributed by atoms with van der Waals surface area (Å²) >= 11 is 0. The lowest BCUT2D eigenvalue weighted by Gasteiger charge is -2.28. The Morgan fingerprint density at radius 3 is 2.56 bits per heavy atom. The average Bonchev–Trinajstić information content (AvgIpc) is 3.13. The van der Waals surface area contributed by atoms with Gasteiger partial charge < -0.3 is 10.2 Å². The highest BCUT2D eigenvalue weighted by Crippen LogP contribution is 2.30. The van der Waals surface area contributed by atoms with Gasteiger partial charge in [-0.05, 0) is 44.7 Å². The maximum Gasteiger partial charge on any atom is 0.226 e. The monoisotopic (exact) mass is 220 g/mol. The summed E-state index contributed by atoms with van der Waals surface area (Å²) < 4.78 is 0. The SMILES string of the molecule is C#CCN(CC1CC1)C(=O)C1CCNCC1. The molecule has 16 heavy (non-hydrogen) atoms. The van der Waals surface area contributed by atoms with Gasteiger partial charge in [-0.2, -0.15) is 0 Å². The van der Waals surface area contributed by atoms with Crippen molar-refractivity contribution in [2.75, 3.05) is 26.2 Å². The van der Waals surface area contributed by atoms with E-state index in [-0.39, 0.29) is 11.8 Å². The maximum absolute atomic E-state index is 12.3. The summed E-state index contributed by atoms with van der Waals surface area (Å²) in [7, 11) is 0. The number of hydrogen-bond donors (Lipinski definition) is 1. The van der Waals surface area contributed by atoms with E-state index >= 15 is 0 Å². The van der Waals surface area contributed by atoms with Gasteiger partial charge in [0.1, 0.15) is 0 Å². The fourth-order valence-corrected chi connectivity index (χ4v) is 2.28. The Labute approximate surface area is 97.6 Å². The van der Waals surface area contributed by atoms with E-state index in [9.17, 15) is 4.79 Å². The van der Waals surface area contributed by atoms with E-state index < -0.39 is 0 Å². The zero-order chi connectivity index (χ0) is 11.4. The van der Waals surface area contributed by atoms with Crippen molar-refractivity contribution >= 4 is 5.91 Å². The molecule has 1 saturated carbocycles. The molecule has 0 spiro atoms. The topological polar surface area (TPSA) is 32.3 Å². The lowest BCUT2D eigenvalue weighted by molar-refractivity contribution is -0.136. The predicted octanol–water partition coefficient (Wildman–Crippen LogP) is 0.858. The first kappa shape index (κ1) is 11.5. The third kappa shape index (κ3) is 2.99. The number of terminal acetylenes is 1. The zero-order valence-corrected chi connectivity index (χ0v) is 9.74. The van der Waals surface area contributed by atoms with Gasteiger partial charge in [0, 0.05) is 12.5 Å². The molecule has 1 aliphatic carbocycles. The van der Waals surface area contributed by atoms with Gasteiger partial charge in [0.05, 0.1) is 6.54 Å². The summed E-state index contributed by atoms with van der Waals surface area (Å²) in [6, 6.07) is 0. The first-order valence-corrected chi connectivity index (χ1v) is 6.24. The van der Waals surface area contributed by atoms with Crippen LogP contribution in [0.2, 0.25) is 0 Å². The van der Waals surface area contributed by atoms with Gasteiger partial charge in [0.15, 0.2) is 0 Å². The number of carbonyl (C=O) groups is 1. The molecule has 0 aromatic carbocycles. The van der Waals surface area contributed by atoms with E-state index in [4.69, 9.17) is 6.42 Å². The van der Waals surface area contributed by atoms with Crippen molar-refractivity contribution in [1.82, 2.24) is 10.2 Å². The average molecular weight is 220 g/mol. The highest BCUT2D eigenvalue weighted by molar-refractivity contribution is 5.79.